The van der Waals surface area contributed by atoms with E-state index in [4.69, 9.17) is 40.5 Å². The van der Waals surface area contributed by atoms with E-state index < -0.39 is 21.9 Å². The highest BCUT2D eigenvalue weighted by atomic mass is 35.6. The summed E-state index contributed by atoms with van der Waals surface area (Å²) in [7, 11) is 0. The van der Waals surface area contributed by atoms with E-state index in [0.29, 0.717) is 0 Å². The van der Waals surface area contributed by atoms with Crippen molar-refractivity contribution < 1.29 is 9.59 Å². The van der Waals surface area contributed by atoms with E-state index in [1.807, 2.05) is 0 Å². The summed E-state index contributed by atoms with van der Waals surface area (Å²) >= 11 is 15.2. The van der Waals surface area contributed by atoms with Gasteiger partial charge in [-0.1, -0.05) is 34.8 Å². The Morgan fingerprint density at radius 3 is 1.80 bits per heavy atom. The van der Waals surface area contributed by atoms with Crippen molar-refractivity contribution in [2.75, 3.05) is 6.54 Å². The van der Waals surface area contributed by atoms with Crippen LogP contribution in [0.1, 0.15) is 0 Å². The molecule has 0 radical (unpaired) electrons. The van der Waals surface area contributed by atoms with Crippen molar-refractivity contribution in [3.63, 3.8) is 0 Å². The fourth-order valence-corrected chi connectivity index (χ4v) is 0.567. The van der Waals surface area contributed by atoms with E-state index in [1.54, 1.807) is 0 Å². The molecule has 10 heavy (non-hydrogen) atoms. The maximum absolute atomic E-state index is 10.6. The van der Waals surface area contributed by atoms with Crippen LogP contribution in [-0.4, -0.2) is 21.9 Å². The van der Waals surface area contributed by atoms with Crippen molar-refractivity contribution >= 4 is 46.4 Å². The minimum atomic E-state index is -2.17. The predicted octanol–water partition coefficient (Wildman–Crippen LogP) is 0.454. The molecule has 3 nitrogen and oxygen atoms in total. The van der Waals surface area contributed by atoms with Crippen LogP contribution < -0.4 is 5.73 Å². The normalized spacial score (nSPS) is 11.2. The first-order valence-corrected chi connectivity index (χ1v) is 3.37. The Morgan fingerprint density at radius 2 is 1.70 bits per heavy atom. The second-order valence-electron chi connectivity index (χ2n) is 1.45. The minimum Gasteiger partial charge on any atom is -0.324 e. The molecule has 6 heteroatoms. The van der Waals surface area contributed by atoms with Crippen molar-refractivity contribution in [3.8, 4) is 0 Å². The highest BCUT2D eigenvalue weighted by molar-refractivity contribution is 6.82. The maximum Gasteiger partial charge on any atom is 0.256 e. The Balaban J connectivity index is 4.24. The van der Waals surface area contributed by atoms with E-state index in [1.165, 1.54) is 0 Å². The number of carbonyl (C=O) groups is 2. The van der Waals surface area contributed by atoms with Gasteiger partial charge >= 0.3 is 0 Å². The lowest BCUT2D eigenvalue weighted by atomic mass is 10.3. The van der Waals surface area contributed by atoms with Gasteiger partial charge in [0.25, 0.3) is 9.58 Å². The quantitative estimate of drug-likeness (QED) is 0.525. The van der Waals surface area contributed by atoms with Crippen LogP contribution in [0.25, 0.3) is 0 Å². The third-order valence-corrected chi connectivity index (χ3v) is 1.21. The summed E-state index contributed by atoms with van der Waals surface area (Å²) < 4.78 is -2.17. The van der Waals surface area contributed by atoms with Crippen LogP contribution >= 0.6 is 34.8 Å². The molecular weight excluding hydrogens is 200 g/mol. The highest BCUT2D eigenvalue weighted by Crippen LogP contribution is 2.26. The number of nitrogens with two attached hydrogens (primary N) is 1. The molecule has 58 valence electrons. The van der Waals surface area contributed by atoms with Gasteiger partial charge in [-0.05, 0) is 0 Å². The third-order valence-electron chi connectivity index (χ3n) is 0.696. The largest absolute Gasteiger partial charge is 0.324 e. The zero-order valence-corrected chi connectivity index (χ0v) is 7.00. The number of hydrogen-bond donors (Lipinski definition) is 1. The van der Waals surface area contributed by atoms with Crippen LogP contribution in [-0.2, 0) is 9.59 Å². The molecule has 0 aromatic rings. The molecule has 0 spiro atoms. The van der Waals surface area contributed by atoms with Crippen LogP contribution in [0.15, 0.2) is 0 Å². The number of alkyl halides is 3. The van der Waals surface area contributed by atoms with Gasteiger partial charge in [-0.25, -0.2) is 0 Å². The van der Waals surface area contributed by atoms with Gasteiger partial charge in [0.15, 0.2) is 0 Å². The van der Waals surface area contributed by atoms with Crippen molar-refractivity contribution in [1.82, 2.24) is 0 Å². The van der Waals surface area contributed by atoms with Gasteiger partial charge in [0.05, 0.1) is 6.54 Å². The monoisotopic (exact) mass is 203 g/mol. The van der Waals surface area contributed by atoms with Crippen LogP contribution in [0.3, 0.4) is 0 Å². The topological polar surface area (TPSA) is 60.2 Å². The van der Waals surface area contributed by atoms with E-state index in [2.05, 4.69) is 0 Å². The Kier molecular flexibility index (Phi) is 3.59. The molecule has 0 amide bonds. The molecule has 0 saturated heterocycles. The molecule has 0 aromatic heterocycles. The lowest BCUT2D eigenvalue weighted by Crippen LogP contribution is -2.32. The third kappa shape index (κ3) is 2.84. The molecule has 0 atom stereocenters. The first-order chi connectivity index (χ1) is 4.39. The van der Waals surface area contributed by atoms with Crippen LogP contribution in [0, 0.1) is 0 Å². The number of carbonyl (C=O) groups excluding carboxylic acids is 2. The summed E-state index contributed by atoms with van der Waals surface area (Å²) in [5.41, 5.74) is 4.82. The van der Waals surface area contributed by atoms with Gasteiger partial charge in [-0.3, -0.25) is 9.59 Å². The van der Waals surface area contributed by atoms with Gasteiger partial charge in [0.1, 0.15) is 0 Å². The second kappa shape index (κ2) is 3.53. The summed E-state index contributed by atoms with van der Waals surface area (Å²) in [4.78, 5) is 21.0. The number of halogens is 3. The minimum absolute atomic E-state index is 0.438. The Morgan fingerprint density at radius 1 is 1.30 bits per heavy atom. The van der Waals surface area contributed by atoms with E-state index in [9.17, 15) is 9.59 Å². The molecule has 0 heterocycles. The van der Waals surface area contributed by atoms with Crippen molar-refractivity contribution in [3.05, 3.63) is 0 Å². The number of Topliss-reactive ketones (excluding diaryl/α,β-unsaturated/α-hetero) is 2. The molecule has 0 saturated carbocycles. The first kappa shape index (κ1) is 10.2. The molecule has 2 N–H and O–H groups in total. The maximum atomic E-state index is 10.6. The lowest BCUT2D eigenvalue weighted by Gasteiger charge is -2.05. The fraction of sp³-hybridized carbons (Fsp3) is 0.500. The SMILES string of the molecule is NCC(=O)C(=O)C(Cl)(Cl)Cl. The zero-order valence-electron chi connectivity index (χ0n) is 4.73. The summed E-state index contributed by atoms with van der Waals surface area (Å²) in [6.45, 7) is -0.438. The van der Waals surface area contributed by atoms with Gasteiger partial charge in [-0.15, -0.1) is 0 Å². The molecule has 0 unspecified atom stereocenters. The van der Waals surface area contributed by atoms with Crippen molar-refractivity contribution in [2.24, 2.45) is 5.73 Å². The van der Waals surface area contributed by atoms with Crippen molar-refractivity contribution in [1.29, 1.82) is 0 Å². The summed E-state index contributed by atoms with van der Waals surface area (Å²) in [6.07, 6.45) is 0. The summed E-state index contributed by atoms with van der Waals surface area (Å²) in [5, 5.41) is 0. The van der Waals surface area contributed by atoms with Gasteiger partial charge in [-0.2, -0.15) is 0 Å². The fourth-order valence-electron chi connectivity index (χ4n) is 0.251. The van der Waals surface area contributed by atoms with Crippen molar-refractivity contribution in [2.45, 2.75) is 3.79 Å². The summed E-state index contributed by atoms with van der Waals surface area (Å²) in [6, 6.07) is 0. The Bertz CT molecular complexity index is 162. The number of rotatable bonds is 2. The predicted molar refractivity (Wildman–Crippen MR) is 39.4 cm³/mol. The molecule has 0 aromatic carbocycles. The number of ketones is 2. The first-order valence-electron chi connectivity index (χ1n) is 2.24. The van der Waals surface area contributed by atoms with E-state index >= 15 is 0 Å². The van der Waals surface area contributed by atoms with Gasteiger partial charge in [0, 0.05) is 0 Å². The zero-order chi connectivity index (χ0) is 8.36. The summed E-state index contributed by atoms with van der Waals surface area (Å²) in [5.74, 6) is -1.99. The lowest BCUT2D eigenvalue weighted by molar-refractivity contribution is -0.135. The Hall–Kier alpha value is 0.170. The molecular formula is C4H4Cl3NO2. The standard InChI is InChI=1S/C4H4Cl3NO2/c5-4(6,7)3(10)2(9)1-8/h1,8H2. The van der Waals surface area contributed by atoms with Crippen LogP contribution in [0.4, 0.5) is 0 Å². The highest BCUT2D eigenvalue weighted by Gasteiger charge is 2.34. The molecule has 0 fully saturated rings. The van der Waals surface area contributed by atoms with E-state index in [-0.39, 0.29) is 0 Å². The van der Waals surface area contributed by atoms with Crippen LogP contribution in [0.5, 0.6) is 0 Å². The average Bonchev–Trinajstić information content (AvgIpc) is 1.83. The van der Waals surface area contributed by atoms with Gasteiger partial charge in [0.2, 0.25) is 5.78 Å². The van der Waals surface area contributed by atoms with Gasteiger partial charge < -0.3 is 5.73 Å². The molecule has 0 aliphatic rings. The molecule has 0 rings (SSSR count). The van der Waals surface area contributed by atoms with E-state index in [0.717, 1.165) is 0 Å². The Labute approximate surface area is 72.4 Å². The molecule has 0 aliphatic carbocycles. The smallest absolute Gasteiger partial charge is 0.256 e. The molecule has 0 aliphatic heterocycles. The molecule has 0 bridgehead atoms. The number of hydrogen-bond acceptors (Lipinski definition) is 3. The second-order valence-corrected chi connectivity index (χ2v) is 3.74. The average molecular weight is 204 g/mol. The van der Waals surface area contributed by atoms with Crippen LogP contribution in [0.2, 0.25) is 0 Å².